The first-order valence-corrected chi connectivity index (χ1v) is 5.75. The van der Waals surface area contributed by atoms with Crippen molar-refractivity contribution < 1.29 is 9.72 Å². The predicted molar refractivity (Wildman–Crippen MR) is 72.8 cm³/mol. The van der Waals surface area contributed by atoms with Gasteiger partial charge in [0.25, 0.3) is 5.69 Å². The van der Waals surface area contributed by atoms with Crippen LogP contribution in [0.4, 0.5) is 17.1 Å². The van der Waals surface area contributed by atoms with E-state index in [4.69, 9.17) is 11.6 Å². The van der Waals surface area contributed by atoms with Gasteiger partial charge >= 0.3 is 0 Å². The lowest BCUT2D eigenvalue weighted by Crippen LogP contribution is -2.15. The maximum absolute atomic E-state index is 11.2. The van der Waals surface area contributed by atoms with Gasteiger partial charge in [-0.2, -0.15) is 0 Å². The van der Waals surface area contributed by atoms with Crippen LogP contribution in [0.5, 0.6) is 0 Å². The molecule has 1 amide bonds. The Kier molecular flexibility index (Phi) is 3.77. The molecular weight excluding hydrogens is 268 g/mol. The van der Waals surface area contributed by atoms with Crippen LogP contribution in [0.3, 0.4) is 0 Å². The minimum Gasteiger partial charge on any atom is -0.278 e. The molecule has 0 aliphatic rings. The number of hydrogen-bond donors (Lipinski definition) is 0. The van der Waals surface area contributed by atoms with E-state index in [0.29, 0.717) is 17.1 Å². The van der Waals surface area contributed by atoms with Gasteiger partial charge in [0, 0.05) is 16.8 Å². The van der Waals surface area contributed by atoms with Gasteiger partial charge in [-0.3, -0.25) is 19.8 Å². The van der Waals surface area contributed by atoms with E-state index in [1.165, 1.54) is 17.0 Å². The van der Waals surface area contributed by atoms with Gasteiger partial charge in [-0.1, -0.05) is 23.7 Å². The van der Waals surface area contributed by atoms with Crippen LogP contribution in [0.15, 0.2) is 48.5 Å². The molecule has 6 heteroatoms. The summed E-state index contributed by atoms with van der Waals surface area (Å²) in [4.78, 5) is 22.9. The molecule has 0 unspecified atom stereocenters. The Morgan fingerprint density at radius 3 is 2.32 bits per heavy atom. The minimum absolute atomic E-state index is 0.135. The smallest absolute Gasteiger partial charge is 0.278 e. The van der Waals surface area contributed by atoms with Crippen molar-refractivity contribution in [2.45, 2.75) is 0 Å². The van der Waals surface area contributed by atoms with Crippen LogP contribution in [0.2, 0.25) is 5.02 Å². The Morgan fingerprint density at radius 1 is 1.11 bits per heavy atom. The highest BCUT2D eigenvalue weighted by Crippen LogP contribution is 2.32. The number of nitro benzene ring substituents is 1. The Balaban J connectivity index is 2.51. The topological polar surface area (TPSA) is 63.5 Å². The van der Waals surface area contributed by atoms with E-state index in [9.17, 15) is 14.9 Å². The monoisotopic (exact) mass is 276 g/mol. The lowest BCUT2D eigenvalue weighted by atomic mass is 10.2. The van der Waals surface area contributed by atoms with E-state index in [1.807, 2.05) is 0 Å². The number of nitrogens with zero attached hydrogens (tertiary/aromatic N) is 2. The first-order chi connectivity index (χ1) is 9.13. The second kappa shape index (κ2) is 5.49. The van der Waals surface area contributed by atoms with Crippen molar-refractivity contribution in [3.63, 3.8) is 0 Å². The van der Waals surface area contributed by atoms with Crippen LogP contribution in [0, 0.1) is 10.1 Å². The highest BCUT2D eigenvalue weighted by atomic mass is 35.5. The number of para-hydroxylation sites is 2. The van der Waals surface area contributed by atoms with Crippen molar-refractivity contribution in [1.29, 1.82) is 0 Å². The summed E-state index contributed by atoms with van der Waals surface area (Å²) in [7, 11) is 0. The Labute approximate surface area is 114 Å². The van der Waals surface area contributed by atoms with Gasteiger partial charge < -0.3 is 0 Å². The molecule has 0 heterocycles. The van der Waals surface area contributed by atoms with Crippen LogP contribution in [0.25, 0.3) is 0 Å². The number of benzene rings is 2. The molecular formula is C13H9ClN2O3. The zero-order chi connectivity index (χ0) is 13.8. The van der Waals surface area contributed by atoms with Crippen molar-refractivity contribution in [2.75, 3.05) is 4.90 Å². The quantitative estimate of drug-likeness (QED) is 0.487. The molecule has 0 aliphatic carbocycles. The standard InChI is InChI=1S/C13H9ClN2O3/c14-10-5-7-11(8-6-10)15(9-17)12-3-1-2-4-13(12)16(18)19/h1-9H. The largest absolute Gasteiger partial charge is 0.293 e. The fraction of sp³-hybridized carbons (Fsp3) is 0. The third kappa shape index (κ3) is 2.71. The maximum atomic E-state index is 11.2. The fourth-order valence-corrected chi connectivity index (χ4v) is 1.81. The third-order valence-corrected chi connectivity index (χ3v) is 2.80. The molecule has 0 saturated heterocycles. The first kappa shape index (κ1) is 13.0. The molecule has 2 rings (SSSR count). The number of rotatable bonds is 4. The van der Waals surface area contributed by atoms with Crippen molar-refractivity contribution in [3.05, 3.63) is 63.7 Å². The van der Waals surface area contributed by atoms with Crippen molar-refractivity contribution in [1.82, 2.24) is 0 Å². The summed E-state index contributed by atoms with van der Waals surface area (Å²) in [5, 5.41) is 11.5. The van der Waals surface area contributed by atoms with Gasteiger partial charge in [0.05, 0.1) is 4.92 Å². The van der Waals surface area contributed by atoms with E-state index in [2.05, 4.69) is 0 Å². The molecule has 0 radical (unpaired) electrons. The Hall–Kier alpha value is -2.40. The maximum Gasteiger partial charge on any atom is 0.293 e. The molecule has 0 N–H and O–H groups in total. The Bertz CT molecular complexity index is 614. The second-order valence-corrected chi connectivity index (χ2v) is 4.13. The van der Waals surface area contributed by atoms with Gasteiger partial charge in [0.2, 0.25) is 6.41 Å². The van der Waals surface area contributed by atoms with Gasteiger partial charge in [0.1, 0.15) is 5.69 Å². The van der Waals surface area contributed by atoms with Crippen LogP contribution in [-0.2, 0) is 4.79 Å². The van der Waals surface area contributed by atoms with Crippen LogP contribution in [-0.4, -0.2) is 11.3 Å². The van der Waals surface area contributed by atoms with Gasteiger partial charge in [-0.25, -0.2) is 0 Å². The first-order valence-electron chi connectivity index (χ1n) is 5.37. The summed E-state index contributed by atoms with van der Waals surface area (Å²) in [6, 6.07) is 12.5. The summed E-state index contributed by atoms with van der Waals surface area (Å²) in [5.74, 6) is 0. The number of anilines is 2. The normalized spacial score (nSPS) is 9.95. The molecule has 0 aliphatic heterocycles. The summed E-state index contributed by atoms with van der Waals surface area (Å²) in [6.45, 7) is 0. The molecule has 2 aromatic rings. The highest BCUT2D eigenvalue weighted by Gasteiger charge is 2.19. The lowest BCUT2D eigenvalue weighted by Gasteiger charge is -2.17. The van der Waals surface area contributed by atoms with Crippen molar-refractivity contribution in [3.8, 4) is 0 Å². The number of carbonyl (C=O) groups excluding carboxylic acids is 1. The number of hydrogen-bond acceptors (Lipinski definition) is 3. The molecule has 0 saturated carbocycles. The zero-order valence-corrected chi connectivity index (χ0v) is 10.4. The van der Waals surface area contributed by atoms with Crippen molar-refractivity contribution >= 4 is 35.1 Å². The van der Waals surface area contributed by atoms with E-state index >= 15 is 0 Å². The predicted octanol–water partition coefficient (Wildman–Crippen LogP) is 3.54. The number of carbonyl (C=O) groups is 1. The average molecular weight is 277 g/mol. The zero-order valence-electron chi connectivity index (χ0n) is 9.69. The third-order valence-electron chi connectivity index (χ3n) is 2.55. The highest BCUT2D eigenvalue weighted by molar-refractivity contribution is 6.30. The average Bonchev–Trinajstić information content (AvgIpc) is 2.42. The van der Waals surface area contributed by atoms with E-state index in [1.54, 1.807) is 36.4 Å². The van der Waals surface area contributed by atoms with Gasteiger partial charge in [-0.15, -0.1) is 0 Å². The van der Waals surface area contributed by atoms with E-state index in [-0.39, 0.29) is 11.4 Å². The summed E-state index contributed by atoms with van der Waals surface area (Å²) in [5.41, 5.74) is 0.586. The molecule has 0 atom stereocenters. The molecule has 0 bridgehead atoms. The van der Waals surface area contributed by atoms with Crippen LogP contribution < -0.4 is 4.90 Å². The van der Waals surface area contributed by atoms with Crippen LogP contribution in [0.1, 0.15) is 0 Å². The van der Waals surface area contributed by atoms with E-state index < -0.39 is 4.92 Å². The molecule has 96 valence electrons. The minimum atomic E-state index is -0.526. The number of halogens is 1. The molecule has 0 aromatic heterocycles. The SMILES string of the molecule is O=CN(c1ccc(Cl)cc1)c1ccccc1[N+](=O)[O-]. The van der Waals surface area contributed by atoms with E-state index in [0.717, 1.165) is 0 Å². The number of nitro groups is 1. The molecule has 0 fully saturated rings. The summed E-state index contributed by atoms with van der Waals surface area (Å²) >= 11 is 5.77. The molecule has 19 heavy (non-hydrogen) atoms. The fourth-order valence-electron chi connectivity index (χ4n) is 1.68. The van der Waals surface area contributed by atoms with Gasteiger partial charge in [-0.05, 0) is 30.3 Å². The van der Waals surface area contributed by atoms with Crippen molar-refractivity contribution in [2.24, 2.45) is 0 Å². The summed E-state index contributed by atoms with van der Waals surface area (Å²) < 4.78 is 0. The van der Waals surface area contributed by atoms with Crippen LogP contribution >= 0.6 is 11.6 Å². The van der Waals surface area contributed by atoms with Gasteiger partial charge in [0.15, 0.2) is 0 Å². The lowest BCUT2D eigenvalue weighted by molar-refractivity contribution is -0.384. The molecule has 2 aromatic carbocycles. The summed E-state index contributed by atoms with van der Waals surface area (Å²) in [6.07, 6.45) is 0.533. The second-order valence-electron chi connectivity index (χ2n) is 3.70. The number of amides is 1. The Morgan fingerprint density at radius 2 is 1.74 bits per heavy atom. The molecule has 5 nitrogen and oxygen atoms in total. The molecule has 0 spiro atoms.